The standard InChI is InChI=1S/C15H21NO4/c1-9-5-6-13(20-4)12(7-9)8-14(17)16-11(3)10(2)15(18)19/h5-7,10-11H,8H2,1-4H3,(H,16,17)(H,18,19). The van der Waals surface area contributed by atoms with Crippen molar-refractivity contribution in [3.63, 3.8) is 0 Å². The Balaban J connectivity index is 2.71. The van der Waals surface area contributed by atoms with Gasteiger partial charge in [0, 0.05) is 11.6 Å². The highest BCUT2D eigenvalue weighted by Gasteiger charge is 2.21. The number of carboxylic acid groups (broad SMARTS) is 1. The molecule has 0 aliphatic heterocycles. The van der Waals surface area contributed by atoms with Crippen LogP contribution >= 0.6 is 0 Å². The number of hydrogen-bond donors (Lipinski definition) is 2. The second kappa shape index (κ2) is 6.93. The topological polar surface area (TPSA) is 75.6 Å². The summed E-state index contributed by atoms with van der Waals surface area (Å²) in [7, 11) is 1.56. The number of hydrogen-bond acceptors (Lipinski definition) is 3. The van der Waals surface area contributed by atoms with Gasteiger partial charge in [-0.05, 0) is 26.8 Å². The minimum atomic E-state index is -0.925. The van der Waals surface area contributed by atoms with Crippen molar-refractivity contribution >= 4 is 11.9 Å². The maximum absolute atomic E-state index is 12.0. The van der Waals surface area contributed by atoms with Crippen molar-refractivity contribution in [2.45, 2.75) is 33.2 Å². The number of carbonyl (C=O) groups excluding carboxylic acids is 1. The molecule has 110 valence electrons. The van der Waals surface area contributed by atoms with Crippen LogP contribution < -0.4 is 10.1 Å². The third kappa shape index (κ3) is 4.26. The minimum absolute atomic E-state index is 0.168. The number of carbonyl (C=O) groups is 2. The Morgan fingerprint density at radius 1 is 1.35 bits per heavy atom. The lowest BCUT2D eigenvalue weighted by atomic mass is 10.0. The van der Waals surface area contributed by atoms with Crippen molar-refractivity contribution in [3.8, 4) is 5.75 Å². The molecular weight excluding hydrogens is 258 g/mol. The van der Waals surface area contributed by atoms with E-state index in [1.165, 1.54) is 0 Å². The molecule has 5 nitrogen and oxygen atoms in total. The number of benzene rings is 1. The zero-order valence-electron chi connectivity index (χ0n) is 12.3. The van der Waals surface area contributed by atoms with Crippen molar-refractivity contribution < 1.29 is 19.4 Å². The van der Waals surface area contributed by atoms with Gasteiger partial charge in [0.05, 0.1) is 19.4 Å². The van der Waals surface area contributed by atoms with Crippen LogP contribution in [0.2, 0.25) is 0 Å². The summed E-state index contributed by atoms with van der Waals surface area (Å²) in [5.41, 5.74) is 1.83. The van der Waals surface area contributed by atoms with Crippen LogP contribution in [-0.2, 0) is 16.0 Å². The van der Waals surface area contributed by atoms with E-state index in [-0.39, 0.29) is 12.3 Å². The molecule has 0 spiro atoms. The first-order valence-corrected chi connectivity index (χ1v) is 6.50. The van der Waals surface area contributed by atoms with Crippen LogP contribution in [0.15, 0.2) is 18.2 Å². The summed E-state index contributed by atoms with van der Waals surface area (Å²) in [5.74, 6) is -1.11. The molecule has 5 heteroatoms. The number of methoxy groups -OCH3 is 1. The van der Waals surface area contributed by atoms with Gasteiger partial charge >= 0.3 is 5.97 Å². The molecule has 2 unspecified atom stereocenters. The Hall–Kier alpha value is -2.04. The monoisotopic (exact) mass is 279 g/mol. The van der Waals surface area contributed by atoms with Gasteiger partial charge in [0.2, 0.25) is 5.91 Å². The van der Waals surface area contributed by atoms with E-state index >= 15 is 0 Å². The number of aryl methyl sites for hydroxylation is 1. The molecule has 20 heavy (non-hydrogen) atoms. The number of rotatable bonds is 6. The Morgan fingerprint density at radius 3 is 2.55 bits per heavy atom. The Kier molecular flexibility index (Phi) is 5.55. The molecule has 2 N–H and O–H groups in total. The summed E-state index contributed by atoms with van der Waals surface area (Å²) >= 11 is 0. The summed E-state index contributed by atoms with van der Waals surface area (Å²) in [6, 6.07) is 5.20. The van der Waals surface area contributed by atoms with Gasteiger partial charge in [0.15, 0.2) is 0 Å². The van der Waals surface area contributed by atoms with Crippen LogP contribution in [0.5, 0.6) is 5.75 Å². The molecule has 1 rings (SSSR count). The highest BCUT2D eigenvalue weighted by Crippen LogP contribution is 2.20. The molecule has 0 fully saturated rings. The van der Waals surface area contributed by atoms with Gasteiger partial charge in [-0.15, -0.1) is 0 Å². The molecule has 0 saturated heterocycles. The van der Waals surface area contributed by atoms with E-state index in [2.05, 4.69) is 5.32 Å². The zero-order chi connectivity index (χ0) is 15.3. The Labute approximate surface area is 118 Å². The van der Waals surface area contributed by atoms with Crippen molar-refractivity contribution in [3.05, 3.63) is 29.3 Å². The first kappa shape index (κ1) is 16.0. The number of amides is 1. The van der Waals surface area contributed by atoms with E-state index in [1.807, 2.05) is 25.1 Å². The van der Waals surface area contributed by atoms with E-state index in [0.29, 0.717) is 5.75 Å². The fourth-order valence-electron chi connectivity index (χ4n) is 1.86. The lowest BCUT2D eigenvalue weighted by Gasteiger charge is -2.18. The predicted octanol–water partition coefficient (Wildman–Crippen LogP) is 1.77. The normalized spacial score (nSPS) is 13.4. The van der Waals surface area contributed by atoms with Crippen LogP contribution in [0.4, 0.5) is 0 Å². The maximum Gasteiger partial charge on any atom is 0.308 e. The van der Waals surface area contributed by atoms with Gasteiger partial charge in [-0.1, -0.05) is 17.7 Å². The molecular formula is C15H21NO4. The smallest absolute Gasteiger partial charge is 0.308 e. The number of nitrogens with one attached hydrogen (secondary N) is 1. The third-order valence-electron chi connectivity index (χ3n) is 3.32. The highest BCUT2D eigenvalue weighted by atomic mass is 16.5. The SMILES string of the molecule is COc1ccc(C)cc1CC(=O)NC(C)C(C)C(=O)O. The molecule has 0 bridgehead atoms. The van der Waals surface area contributed by atoms with Crippen LogP contribution in [0.1, 0.15) is 25.0 Å². The van der Waals surface area contributed by atoms with Crippen molar-refractivity contribution in [2.24, 2.45) is 5.92 Å². The predicted molar refractivity (Wildman–Crippen MR) is 75.8 cm³/mol. The van der Waals surface area contributed by atoms with E-state index in [0.717, 1.165) is 11.1 Å². The average Bonchev–Trinajstić information content (AvgIpc) is 2.37. The summed E-state index contributed by atoms with van der Waals surface area (Å²) in [5, 5.41) is 11.6. The van der Waals surface area contributed by atoms with Crippen LogP contribution in [0.3, 0.4) is 0 Å². The van der Waals surface area contributed by atoms with Crippen molar-refractivity contribution in [2.75, 3.05) is 7.11 Å². The number of aliphatic carboxylic acids is 1. The summed E-state index contributed by atoms with van der Waals surface area (Å²) < 4.78 is 5.22. The van der Waals surface area contributed by atoms with Crippen LogP contribution in [0, 0.1) is 12.8 Å². The van der Waals surface area contributed by atoms with Crippen LogP contribution in [-0.4, -0.2) is 30.1 Å². The molecule has 0 aliphatic carbocycles. The Bertz CT molecular complexity index is 499. The lowest BCUT2D eigenvalue weighted by Crippen LogP contribution is -2.40. The van der Waals surface area contributed by atoms with Crippen LogP contribution in [0.25, 0.3) is 0 Å². The fourth-order valence-corrected chi connectivity index (χ4v) is 1.86. The minimum Gasteiger partial charge on any atom is -0.496 e. The molecule has 0 heterocycles. The molecule has 0 aliphatic rings. The zero-order valence-corrected chi connectivity index (χ0v) is 12.3. The van der Waals surface area contributed by atoms with Gasteiger partial charge < -0.3 is 15.2 Å². The van der Waals surface area contributed by atoms with Gasteiger partial charge in [-0.25, -0.2) is 0 Å². The second-order valence-corrected chi connectivity index (χ2v) is 4.98. The third-order valence-corrected chi connectivity index (χ3v) is 3.32. The van der Waals surface area contributed by atoms with Gasteiger partial charge in [0.25, 0.3) is 0 Å². The first-order chi connectivity index (χ1) is 9.35. The summed E-state index contributed by atoms with van der Waals surface area (Å²) in [4.78, 5) is 22.8. The quantitative estimate of drug-likeness (QED) is 0.832. The van der Waals surface area contributed by atoms with E-state index in [9.17, 15) is 9.59 Å². The van der Waals surface area contributed by atoms with E-state index < -0.39 is 17.9 Å². The largest absolute Gasteiger partial charge is 0.496 e. The summed E-state index contributed by atoms with van der Waals surface area (Å²) in [6.45, 7) is 5.20. The van der Waals surface area contributed by atoms with Crippen molar-refractivity contribution in [1.29, 1.82) is 0 Å². The maximum atomic E-state index is 12.0. The highest BCUT2D eigenvalue weighted by molar-refractivity contribution is 5.80. The molecule has 0 aromatic heterocycles. The van der Waals surface area contributed by atoms with Gasteiger partial charge in [-0.3, -0.25) is 9.59 Å². The van der Waals surface area contributed by atoms with Gasteiger partial charge in [-0.2, -0.15) is 0 Å². The molecule has 1 aromatic carbocycles. The molecule has 0 radical (unpaired) electrons. The van der Waals surface area contributed by atoms with E-state index in [4.69, 9.17) is 9.84 Å². The Morgan fingerprint density at radius 2 is 2.00 bits per heavy atom. The fraction of sp³-hybridized carbons (Fsp3) is 0.467. The lowest BCUT2D eigenvalue weighted by molar-refractivity contribution is -0.142. The number of carboxylic acids is 1. The molecule has 1 amide bonds. The van der Waals surface area contributed by atoms with Gasteiger partial charge in [0.1, 0.15) is 5.75 Å². The van der Waals surface area contributed by atoms with E-state index in [1.54, 1.807) is 21.0 Å². The molecule has 2 atom stereocenters. The average molecular weight is 279 g/mol. The van der Waals surface area contributed by atoms with Crippen molar-refractivity contribution in [1.82, 2.24) is 5.32 Å². The summed E-state index contributed by atoms with van der Waals surface area (Å²) in [6.07, 6.45) is 0.168. The molecule has 0 saturated carbocycles. The molecule has 1 aromatic rings. The first-order valence-electron chi connectivity index (χ1n) is 6.50. The number of ether oxygens (including phenoxy) is 1. The second-order valence-electron chi connectivity index (χ2n) is 4.98.